The molecule has 0 aliphatic rings. The van der Waals surface area contributed by atoms with Gasteiger partial charge in [0.15, 0.2) is 0 Å². The minimum atomic E-state index is -0.140. The molecule has 0 saturated carbocycles. The van der Waals surface area contributed by atoms with Crippen LogP contribution in [-0.2, 0) is 6.42 Å². The van der Waals surface area contributed by atoms with Crippen LogP contribution in [0.15, 0.2) is 59.1 Å². The second-order valence-corrected chi connectivity index (χ2v) is 6.58. The number of aromatic nitrogens is 2. The molecule has 0 atom stereocenters. The van der Waals surface area contributed by atoms with Gasteiger partial charge in [-0.3, -0.25) is 9.89 Å². The molecule has 24 heavy (non-hydrogen) atoms. The van der Waals surface area contributed by atoms with Crippen LogP contribution in [0.4, 0.5) is 0 Å². The lowest BCUT2D eigenvalue weighted by Crippen LogP contribution is -2.26. The fraction of sp³-hybridized carbons (Fsp3) is 0.158. The zero-order chi connectivity index (χ0) is 16.9. The molecule has 0 fully saturated rings. The van der Waals surface area contributed by atoms with Crippen LogP contribution in [0.5, 0.6) is 0 Å². The number of carbonyl (C=O) groups is 1. The number of hydrogen-bond donors (Lipinski definition) is 2. The molecule has 0 aliphatic carbocycles. The van der Waals surface area contributed by atoms with Gasteiger partial charge in [-0.25, -0.2) is 0 Å². The van der Waals surface area contributed by atoms with Gasteiger partial charge in [0.2, 0.25) is 0 Å². The van der Waals surface area contributed by atoms with E-state index in [9.17, 15) is 4.79 Å². The Balaban J connectivity index is 1.58. The van der Waals surface area contributed by atoms with Crippen LogP contribution in [0.1, 0.15) is 21.6 Å². The topological polar surface area (TPSA) is 57.8 Å². The first-order chi connectivity index (χ1) is 11.6. The Kier molecular flexibility index (Phi) is 5.11. The Hall–Kier alpha value is -2.40. The molecule has 5 heteroatoms. The summed E-state index contributed by atoms with van der Waals surface area (Å²) in [7, 11) is 0. The molecule has 122 valence electrons. The smallest absolute Gasteiger partial charge is 0.269 e. The molecule has 0 unspecified atom stereocenters. The van der Waals surface area contributed by atoms with Crippen molar-refractivity contribution >= 4 is 21.8 Å². The molecule has 1 aromatic heterocycles. The molecule has 0 bridgehead atoms. The zero-order valence-electron chi connectivity index (χ0n) is 13.3. The van der Waals surface area contributed by atoms with E-state index in [4.69, 9.17) is 0 Å². The second-order valence-electron chi connectivity index (χ2n) is 5.67. The first-order valence-corrected chi connectivity index (χ1v) is 8.56. The van der Waals surface area contributed by atoms with Crippen LogP contribution in [0.25, 0.3) is 11.3 Å². The Morgan fingerprint density at radius 3 is 2.71 bits per heavy atom. The number of carbonyl (C=O) groups excluding carboxylic acids is 1. The summed E-state index contributed by atoms with van der Waals surface area (Å²) in [6.45, 7) is 2.66. The van der Waals surface area contributed by atoms with Crippen molar-refractivity contribution < 1.29 is 4.79 Å². The van der Waals surface area contributed by atoms with Crippen LogP contribution in [0.2, 0.25) is 0 Å². The summed E-state index contributed by atoms with van der Waals surface area (Å²) in [5.74, 6) is -0.140. The molecule has 3 rings (SSSR count). The minimum absolute atomic E-state index is 0.140. The average molecular weight is 384 g/mol. The summed E-state index contributed by atoms with van der Waals surface area (Å²) in [5, 5.41) is 9.94. The van der Waals surface area contributed by atoms with Crippen LogP contribution in [0, 0.1) is 6.92 Å². The standard InChI is InChI=1S/C19H18BrN3O/c1-13-3-2-4-14(11-13)9-10-21-19(24)18-12-17(22-23-18)15-5-7-16(20)8-6-15/h2-8,11-12H,9-10H2,1H3,(H,21,24)(H,22,23). The molecule has 1 amide bonds. The molecule has 2 aromatic carbocycles. The quantitative estimate of drug-likeness (QED) is 0.695. The maximum absolute atomic E-state index is 12.2. The number of aryl methyl sites for hydroxylation is 1. The Morgan fingerprint density at radius 1 is 1.17 bits per heavy atom. The first-order valence-electron chi connectivity index (χ1n) is 7.77. The van der Waals surface area contributed by atoms with Crippen LogP contribution >= 0.6 is 15.9 Å². The van der Waals surface area contributed by atoms with E-state index in [0.717, 1.165) is 22.2 Å². The monoisotopic (exact) mass is 383 g/mol. The van der Waals surface area contributed by atoms with Gasteiger partial charge in [-0.15, -0.1) is 0 Å². The van der Waals surface area contributed by atoms with E-state index in [1.165, 1.54) is 11.1 Å². The van der Waals surface area contributed by atoms with Crippen molar-refractivity contribution in [3.05, 3.63) is 75.9 Å². The number of nitrogens with zero attached hydrogens (tertiary/aromatic N) is 1. The third kappa shape index (κ3) is 4.11. The van der Waals surface area contributed by atoms with Crippen molar-refractivity contribution in [2.24, 2.45) is 0 Å². The first kappa shape index (κ1) is 16.5. The van der Waals surface area contributed by atoms with E-state index in [0.29, 0.717) is 12.2 Å². The lowest BCUT2D eigenvalue weighted by atomic mass is 10.1. The van der Waals surface area contributed by atoms with Gasteiger partial charge in [0, 0.05) is 16.6 Å². The SMILES string of the molecule is Cc1cccc(CCNC(=O)c2cc(-c3ccc(Br)cc3)n[nH]2)c1. The van der Waals surface area contributed by atoms with E-state index in [1.54, 1.807) is 6.07 Å². The van der Waals surface area contributed by atoms with E-state index in [1.807, 2.05) is 30.3 Å². The van der Waals surface area contributed by atoms with Crippen molar-refractivity contribution in [3.8, 4) is 11.3 Å². The number of benzene rings is 2. The largest absolute Gasteiger partial charge is 0.350 e. The Bertz CT molecular complexity index is 840. The maximum Gasteiger partial charge on any atom is 0.269 e. The summed E-state index contributed by atoms with van der Waals surface area (Å²) >= 11 is 3.41. The van der Waals surface area contributed by atoms with Crippen molar-refractivity contribution in [1.82, 2.24) is 15.5 Å². The van der Waals surface area contributed by atoms with Gasteiger partial charge in [-0.1, -0.05) is 57.9 Å². The van der Waals surface area contributed by atoms with Gasteiger partial charge in [0.1, 0.15) is 5.69 Å². The van der Waals surface area contributed by atoms with Crippen molar-refractivity contribution in [1.29, 1.82) is 0 Å². The fourth-order valence-corrected chi connectivity index (χ4v) is 2.75. The molecule has 2 N–H and O–H groups in total. The van der Waals surface area contributed by atoms with Gasteiger partial charge < -0.3 is 5.32 Å². The van der Waals surface area contributed by atoms with Gasteiger partial charge >= 0.3 is 0 Å². The molecule has 0 saturated heterocycles. The minimum Gasteiger partial charge on any atom is -0.350 e. The lowest BCUT2D eigenvalue weighted by molar-refractivity contribution is 0.0949. The van der Waals surface area contributed by atoms with E-state index in [2.05, 4.69) is 56.6 Å². The molecular weight excluding hydrogens is 366 g/mol. The molecule has 0 spiro atoms. The molecule has 1 heterocycles. The number of amides is 1. The van der Waals surface area contributed by atoms with Crippen LogP contribution in [0.3, 0.4) is 0 Å². The summed E-state index contributed by atoms with van der Waals surface area (Å²) < 4.78 is 1.01. The van der Waals surface area contributed by atoms with Crippen LogP contribution < -0.4 is 5.32 Å². The van der Waals surface area contributed by atoms with Crippen molar-refractivity contribution in [3.63, 3.8) is 0 Å². The predicted molar refractivity (Wildman–Crippen MR) is 98.9 cm³/mol. The Morgan fingerprint density at radius 2 is 1.96 bits per heavy atom. The fourth-order valence-electron chi connectivity index (χ4n) is 2.49. The van der Waals surface area contributed by atoms with Crippen LogP contribution in [-0.4, -0.2) is 22.6 Å². The van der Waals surface area contributed by atoms with Crippen molar-refractivity contribution in [2.75, 3.05) is 6.54 Å². The lowest BCUT2D eigenvalue weighted by Gasteiger charge is -2.04. The highest BCUT2D eigenvalue weighted by Gasteiger charge is 2.10. The van der Waals surface area contributed by atoms with E-state index in [-0.39, 0.29) is 5.91 Å². The number of rotatable bonds is 5. The van der Waals surface area contributed by atoms with Gasteiger partial charge in [0.05, 0.1) is 5.69 Å². The molecule has 0 radical (unpaired) electrons. The summed E-state index contributed by atoms with van der Waals surface area (Å²) in [4.78, 5) is 12.2. The van der Waals surface area contributed by atoms with E-state index >= 15 is 0 Å². The molecule has 0 aliphatic heterocycles. The predicted octanol–water partition coefficient (Wildman–Crippen LogP) is 4.12. The number of nitrogens with one attached hydrogen (secondary N) is 2. The second kappa shape index (κ2) is 7.45. The summed E-state index contributed by atoms with van der Waals surface area (Å²) in [5.41, 5.74) is 4.64. The number of H-pyrrole nitrogens is 1. The summed E-state index contributed by atoms with van der Waals surface area (Å²) in [6, 6.07) is 17.9. The third-order valence-electron chi connectivity index (χ3n) is 3.74. The number of halogens is 1. The maximum atomic E-state index is 12.2. The normalized spacial score (nSPS) is 10.6. The highest BCUT2D eigenvalue weighted by atomic mass is 79.9. The molecule has 3 aromatic rings. The van der Waals surface area contributed by atoms with Gasteiger partial charge in [0.25, 0.3) is 5.91 Å². The zero-order valence-corrected chi connectivity index (χ0v) is 14.9. The van der Waals surface area contributed by atoms with Crippen molar-refractivity contribution in [2.45, 2.75) is 13.3 Å². The average Bonchev–Trinajstić information content (AvgIpc) is 3.05. The molecule has 4 nitrogen and oxygen atoms in total. The summed E-state index contributed by atoms with van der Waals surface area (Å²) in [6.07, 6.45) is 0.807. The highest BCUT2D eigenvalue weighted by Crippen LogP contribution is 2.20. The number of hydrogen-bond acceptors (Lipinski definition) is 2. The third-order valence-corrected chi connectivity index (χ3v) is 4.27. The molecular formula is C19H18BrN3O. The van der Waals surface area contributed by atoms with Gasteiger partial charge in [-0.2, -0.15) is 5.10 Å². The highest BCUT2D eigenvalue weighted by molar-refractivity contribution is 9.10. The van der Waals surface area contributed by atoms with E-state index < -0.39 is 0 Å². The number of aromatic amines is 1. The van der Waals surface area contributed by atoms with Gasteiger partial charge in [-0.05, 0) is 37.1 Å². The Labute approximate surface area is 149 Å².